The number of nitriles is 1. The molecule has 22 heavy (non-hydrogen) atoms. The Morgan fingerprint density at radius 3 is 2.82 bits per heavy atom. The first-order chi connectivity index (χ1) is 10.6. The number of quaternary nitrogens is 1. The highest BCUT2D eigenvalue weighted by Gasteiger charge is 2.12. The van der Waals surface area contributed by atoms with Crippen molar-refractivity contribution in [1.29, 1.82) is 5.26 Å². The van der Waals surface area contributed by atoms with Crippen LogP contribution in [0.25, 0.3) is 0 Å². The zero-order valence-electron chi connectivity index (χ0n) is 12.2. The van der Waals surface area contributed by atoms with Crippen LogP contribution in [0.5, 0.6) is 0 Å². The van der Waals surface area contributed by atoms with Gasteiger partial charge < -0.3 is 10.6 Å². The van der Waals surface area contributed by atoms with Crippen molar-refractivity contribution in [2.24, 2.45) is 0 Å². The highest BCUT2D eigenvalue weighted by atomic mass is 35.5. The maximum Gasteiger partial charge on any atom is 0.279 e. The summed E-state index contributed by atoms with van der Waals surface area (Å²) < 4.78 is 0. The summed E-state index contributed by atoms with van der Waals surface area (Å²) in [6.45, 7) is 2.32. The minimum absolute atomic E-state index is 0.107. The van der Waals surface area contributed by atoms with Crippen LogP contribution in [0.3, 0.4) is 0 Å². The Hall–Kier alpha value is -2.35. The van der Waals surface area contributed by atoms with Crippen molar-refractivity contribution in [3.63, 3.8) is 0 Å². The van der Waals surface area contributed by atoms with E-state index in [0.29, 0.717) is 22.8 Å². The fourth-order valence-electron chi connectivity index (χ4n) is 2.09. The Bertz CT molecular complexity index is 709. The number of nitrogens with two attached hydrogens (primary N) is 1. The number of nitrogens with one attached hydrogen (secondary N) is 1. The van der Waals surface area contributed by atoms with Crippen molar-refractivity contribution in [3.05, 3.63) is 64.7 Å². The molecule has 0 aliphatic rings. The van der Waals surface area contributed by atoms with Crippen LogP contribution in [0.2, 0.25) is 5.02 Å². The molecule has 2 aromatic rings. The lowest BCUT2D eigenvalue weighted by Crippen LogP contribution is -2.86. The smallest absolute Gasteiger partial charge is 0.279 e. The molecule has 2 aromatic carbocycles. The summed E-state index contributed by atoms with van der Waals surface area (Å²) in [4.78, 5) is 12.0. The zero-order chi connectivity index (χ0) is 15.9. The van der Waals surface area contributed by atoms with E-state index in [2.05, 4.69) is 5.32 Å². The second-order valence-corrected chi connectivity index (χ2v) is 5.46. The molecular weight excluding hydrogens is 298 g/mol. The van der Waals surface area contributed by atoms with Gasteiger partial charge >= 0.3 is 0 Å². The van der Waals surface area contributed by atoms with Crippen LogP contribution >= 0.6 is 11.6 Å². The SMILES string of the molecule is C[C@H]([NH2+]CC(=O)Nc1cccc(C#N)c1)c1cccc(Cl)c1. The Morgan fingerprint density at radius 2 is 2.09 bits per heavy atom. The molecule has 0 aromatic heterocycles. The first-order valence-corrected chi connectivity index (χ1v) is 7.35. The molecule has 0 radical (unpaired) electrons. The highest BCUT2D eigenvalue weighted by Crippen LogP contribution is 2.14. The van der Waals surface area contributed by atoms with Crippen molar-refractivity contribution in [1.82, 2.24) is 0 Å². The van der Waals surface area contributed by atoms with Crippen LogP contribution in [-0.2, 0) is 4.79 Å². The summed E-state index contributed by atoms with van der Waals surface area (Å²) in [6.07, 6.45) is 0. The van der Waals surface area contributed by atoms with Gasteiger partial charge in [0.15, 0.2) is 6.54 Å². The van der Waals surface area contributed by atoms with E-state index in [0.717, 1.165) is 5.56 Å². The normalized spacial score (nSPS) is 11.5. The molecule has 0 spiro atoms. The van der Waals surface area contributed by atoms with E-state index >= 15 is 0 Å². The van der Waals surface area contributed by atoms with Crippen molar-refractivity contribution >= 4 is 23.2 Å². The molecule has 2 rings (SSSR count). The largest absolute Gasteiger partial charge is 0.333 e. The van der Waals surface area contributed by atoms with Crippen LogP contribution in [0.15, 0.2) is 48.5 Å². The van der Waals surface area contributed by atoms with Crippen molar-refractivity contribution in [2.45, 2.75) is 13.0 Å². The molecule has 0 unspecified atom stereocenters. The molecule has 0 heterocycles. The van der Waals surface area contributed by atoms with Crippen LogP contribution in [0.4, 0.5) is 5.69 Å². The molecule has 112 valence electrons. The average Bonchev–Trinajstić information content (AvgIpc) is 2.52. The molecule has 0 fully saturated rings. The molecule has 0 saturated heterocycles. The van der Waals surface area contributed by atoms with E-state index in [1.165, 1.54) is 0 Å². The topological polar surface area (TPSA) is 69.5 Å². The van der Waals surface area contributed by atoms with Crippen molar-refractivity contribution in [2.75, 3.05) is 11.9 Å². The van der Waals surface area contributed by atoms with Crippen LogP contribution in [0.1, 0.15) is 24.1 Å². The lowest BCUT2D eigenvalue weighted by atomic mass is 10.1. The van der Waals surface area contributed by atoms with E-state index in [1.54, 1.807) is 24.3 Å². The second-order valence-electron chi connectivity index (χ2n) is 5.02. The molecule has 0 aliphatic carbocycles. The molecule has 1 atom stereocenters. The van der Waals surface area contributed by atoms with E-state index in [9.17, 15) is 4.79 Å². The molecule has 0 saturated carbocycles. The Labute approximate surface area is 134 Å². The second kappa shape index (κ2) is 7.60. The highest BCUT2D eigenvalue weighted by molar-refractivity contribution is 6.30. The molecule has 1 amide bonds. The van der Waals surface area contributed by atoms with Crippen molar-refractivity contribution < 1.29 is 10.1 Å². The van der Waals surface area contributed by atoms with E-state index in [-0.39, 0.29) is 11.9 Å². The van der Waals surface area contributed by atoms with Gasteiger partial charge in [-0.1, -0.05) is 29.8 Å². The summed E-state index contributed by atoms with van der Waals surface area (Å²) in [5.41, 5.74) is 2.23. The standard InChI is InChI=1S/C17H16ClN3O/c1-12(14-5-3-6-15(18)9-14)20-11-17(22)21-16-7-2-4-13(8-16)10-19/h2-9,12,20H,11H2,1H3,(H,21,22)/p+1/t12-/m0/s1. The molecule has 3 N–H and O–H groups in total. The number of anilines is 1. The lowest BCUT2D eigenvalue weighted by molar-refractivity contribution is -0.682. The minimum Gasteiger partial charge on any atom is -0.333 e. The number of halogens is 1. The molecule has 4 nitrogen and oxygen atoms in total. The van der Waals surface area contributed by atoms with E-state index in [1.807, 2.05) is 42.6 Å². The maximum atomic E-state index is 12.0. The molecular formula is C17H17ClN3O+. The third-order valence-electron chi connectivity index (χ3n) is 3.31. The van der Waals surface area contributed by atoms with Gasteiger partial charge in [0.25, 0.3) is 5.91 Å². The summed E-state index contributed by atoms with van der Waals surface area (Å²) in [6, 6.07) is 16.6. The number of carbonyl (C=O) groups is 1. The monoisotopic (exact) mass is 314 g/mol. The number of amides is 1. The van der Waals surface area contributed by atoms with Crippen LogP contribution < -0.4 is 10.6 Å². The third kappa shape index (κ3) is 4.59. The Kier molecular flexibility index (Phi) is 5.54. The summed E-state index contributed by atoms with van der Waals surface area (Å²) in [7, 11) is 0. The van der Waals surface area contributed by atoms with Crippen LogP contribution in [-0.4, -0.2) is 12.5 Å². The van der Waals surface area contributed by atoms with Crippen molar-refractivity contribution in [3.8, 4) is 6.07 Å². The van der Waals surface area contributed by atoms with Gasteiger partial charge in [0.1, 0.15) is 6.04 Å². The summed E-state index contributed by atoms with van der Waals surface area (Å²) in [5, 5.41) is 14.3. The fourth-order valence-corrected chi connectivity index (χ4v) is 2.29. The predicted molar refractivity (Wildman–Crippen MR) is 86.4 cm³/mol. The predicted octanol–water partition coefficient (Wildman–Crippen LogP) is 2.47. The van der Waals surface area contributed by atoms with Gasteiger partial charge in [-0.3, -0.25) is 4.79 Å². The lowest BCUT2D eigenvalue weighted by Gasteiger charge is -2.11. The maximum absolute atomic E-state index is 12.0. The zero-order valence-corrected chi connectivity index (χ0v) is 13.0. The molecule has 0 bridgehead atoms. The number of carbonyl (C=O) groups excluding carboxylic acids is 1. The number of hydrogen-bond acceptors (Lipinski definition) is 2. The Balaban J connectivity index is 1.88. The fraction of sp³-hybridized carbons (Fsp3) is 0.176. The van der Waals surface area contributed by atoms with Gasteiger partial charge in [0.05, 0.1) is 11.6 Å². The quantitative estimate of drug-likeness (QED) is 0.890. The first kappa shape index (κ1) is 16.0. The third-order valence-corrected chi connectivity index (χ3v) is 3.54. The van der Waals surface area contributed by atoms with Gasteiger partial charge in [-0.05, 0) is 37.3 Å². The first-order valence-electron chi connectivity index (χ1n) is 6.97. The Morgan fingerprint density at radius 1 is 1.32 bits per heavy atom. The van der Waals surface area contributed by atoms with Gasteiger partial charge in [-0.15, -0.1) is 0 Å². The number of hydrogen-bond donors (Lipinski definition) is 2. The van der Waals surface area contributed by atoms with Gasteiger partial charge in [0.2, 0.25) is 0 Å². The van der Waals surface area contributed by atoms with Crippen LogP contribution in [0, 0.1) is 11.3 Å². The average molecular weight is 315 g/mol. The van der Waals surface area contributed by atoms with E-state index in [4.69, 9.17) is 16.9 Å². The van der Waals surface area contributed by atoms with Gasteiger partial charge in [-0.25, -0.2) is 0 Å². The van der Waals surface area contributed by atoms with Gasteiger partial charge in [-0.2, -0.15) is 5.26 Å². The van der Waals surface area contributed by atoms with E-state index < -0.39 is 0 Å². The summed E-state index contributed by atoms with van der Waals surface area (Å²) in [5.74, 6) is -0.107. The number of nitrogens with zero attached hydrogens (tertiary/aromatic N) is 1. The van der Waals surface area contributed by atoms with Gasteiger partial charge in [0, 0.05) is 16.3 Å². The molecule has 5 heteroatoms. The minimum atomic E-state index is -0.107. The molecule has 0 aliphatic heterocycles. The summed E-state index contributed by atoms with van der Waals surface area (Å²) >= 11 is 5.97. The number of rotatable bonds is 5. The number of benzene rings is 2.